The van der Waals surface area contributed by atoms with Gasteiger partial charge in [0.25, 0.3) is 0 Å². The summed E-state index contributed by atoms with van der Waals surface area (Å²) in [6, 6.07) is 4.24. The third kappa shape index (κ3) is 2.31. The van der Waals surface area contributed by atoms with Gasteiger partial charge in [0.1, 0.15) is 0 Å². The van der Waals surface area contributed by atoms with E-state index in [1.165, 1.54) is 20.9 Å². The Morgan fingerprint density at radius 3 is 2.60 bits per heavy atom. The van der Waals surface area contributed by atoms with E-state index in [0.717, 1.165) is 3.79 Å². The van der Waals surface area contributed by atoms with Crippen LogP contribution in [0, 0.1) is 13.8 Å². The minimum Gasteiger partial charge on any atom is -0.147 e. The largest absolute Gasteiger partial charge is 0.147 e. The van der Waals surface area contributed by atoms with Crippen molar-refractivity contribution in [2.75, 3.05) is 0 Å². The maximum absolute atomic E-state index is 6.49. The van der Waals surface area contributed by atoms with Gasteiger partial charge in [-0.15, -0.1) is 34.3 Å². The molecule has 1 atom stereocenters. The summed E-state index contributed by atoms with van der Waals surface area (Å²) in [4.78, 5) is 2.54. The van der Waals surface area contributed by atoms with Crippen molar-refractivity contribution in [3.8, 4) is 0 Å². The van der Waals surface area contributed by atoms with Gasteiger partial charge in [0, 0.05) is 9.75 Å². The molecule has 0 N–H and O–H groups in total. The quantitative estimate of drug-likeness (QED) is 0.639. The SMILES string of the molecule is Cc1ccsc1C(Cl)c1cc(Br)sc1C. The number of aryl methyl sites for hydroxylation is 2. The summed E-state index contributed by atoms with van der Waals surface area (Å²) < 4.78 is 1.15. The molecule has 0 bridgehead atoms. The van der Waals surface area contributed by atoms with E-state index < -0.39 is 0 Å². The molecule has 0 aliphatic carbocycles. The van der Waals surface area contributed by atoms with Crippen molar-refractivity contribution < 1.29 is 0 Å². The van der Waals surface area contributed by atoms with E-state index >= 15 is 0 Å². The molecule has 2 aromatic heterocycles. The molecule has 0 radical (unpaired) electrons. The molecule has 0 fully saturated rings. The molecule has 0 amide bonds. The maximum Gasteiger partial charge on any atom is 0.0941 e. The lowest BCUT2D eigenvalue weighted by molar-refractivity contribution is 1.15. The van der Waals surface area contributed by atoms with Crippen molar-refractivity contribution in [1.29, 1.82) is 0 Å². The molecule has 0 spiro atoms. The lowest BCUT2D eigenvalue weighted by Crippen LogP contribution is -1.91. The highest BCUT2D eigenvalue weighted by Gasteiger charge is 2.18. The van der Waals surface area contributed by atoms with Gasteiger partial charge in [-0.05, 0) is 58.4 Å². The standard InChI is InChI=1S/C11H10BrClS2/c1-6-3-4-14-11(6)10(13)8-5-9(12)15-7(8)2/h3-5,10H,1-2H3. The van der Waals surface area contributed by atoms with Crippen molar-refractivity contribution in [1.82, 2.24) is 0 Å². The Morgan fingerprint density at radius 2 is 2.13 bits per heavy atom. The fraction of sp³-hybridized carbons (Fsp3) is 0.273. The highest BCUT2D eigenvalue weighted by molar-refractivity contribution is 9.11. The van der Waals surface area contributed by atoms with Gasteiger partial charge in [0.2, 0.25) is 0 Å². The molecular weight excluding hydrogens is 312 g/mol. The van der Waals surface area contributed by atoms with Crippen molar-refractivity contribution in [3.63, 3.8) is 0 Å². The minimum absolute atomic E-state index is 0.00690. The Kier molecular flexibility index (Phi) is 3.56. The van der Waals surface area contributed by atoms with Crippen molar-refractivity contribution >= 4 is 50.2 Å². The number of rotatable bonds is 2. The van der Waals surface area contributed by atoms with E-state index in [-0.39, 0.29) is 5.38 Å². The smallest absolute Gasteiger partial charge is 0.0941 e. The Hall–Kier alpha value is 0.170. The molecule has 0 aliphatic rings. The first kappa shape index (κ1) is 11.6. The zero-order chi connectivity index (χ0) is 11.0. The van der Waals surface area contributed by atoms with Crippen molar-refractivity contribution in [2.45, 2.75) is 19.2 Å². The van der Waals surface area contributed by atoms with Crippen LogP contribution in [0.1, 0.15) is 26.3 Å². The molecule has 4 heteroatoms. The normalized spacial score (nSPS) is 13.1. The van der Waals surface area contributed by atoms with E-state index in [2.05, 4.69) is 47.3 Å². The molecule has 0 aromatic carbocycles. The van der Waals surface area contributed by atoms with Gasteiger partial charge in [0.15, 0.2) is 0 Å². The number of hydrogen-bond donors (Lipinski definition) is 0. The summed E-state index contributed by atoms with van der Waals surface area (Å²) in [7, 11) is 0. The van der Waals surface area contributed by atoms with Crippen LogP contribution in [0.25, 0.3) is 0 Å². The van der Waals surface area contributed by atoms with Crippen LogP contribution in [0.5, 0.6) is 0 Å². The maximum atomic E-state index is 6.49. The first-order chi connectivity index (χ1) is 7.09. The Labute approximate surface area is 111 Å². The van der Waals surface area contributed by atoms with Gasteiger partial charge in [-0.25, -0.2) is 0 Å². The predicted molar refractivity (Wildman–Crippen MR) is 73.5 cm³/mol. The summed E-state index contributed by atoms with van der Waals surface area (Å²) in [5.74, 6) is 0. The van der Waals surface area contributed by atoms with Gasteiger partial charge in [0.05, 0.1) is 9.16 Å². The number of alkyl halides is 1. The molecule has 0 saturated carbocycles. The molecular formula is C11H10BrClS2. The fourth-order valence-corrected chi connectivity index (χ4v) is 4.78. The Balaban J connectivity index is 2.40. The predicted octanol–water partition coefficient (Wildman–Crippen LogP) is 5.52. The third-order valence-electron chi connectivity index (χ3n) is 2.33. The van der Waals surface area contributed by atoms with Gasteiger partial charge >= 0.3 is 0 Å². The van der Waals surface area contributed by atoms with Crippen molar-refractivity contribution in [2.24, 2.45) is 0 Å². The molecule has 1 unspecified atom stereocenters. The van der Waals surface area contributed by atoms with Crippen LogP contribution < -0.4 is 0 Å². The first-order valence-electron chi connectivity index (χ1n) is 4.53. The molecule has 2 aromatic rings. The van der Waals surface area contributed by atoms with E-state index in [0.29, 0.717) is 0 Å². The monoisotopic (exact) mass is 320 g/mol. The average molecular weight is 322 g/mol. The molecule has 2 heterocycles. The Morgan fingerprint density at radius 1 is 1.40 bits per heavy atom. The number of thiophene rings is 2. The van der Waals surface area contributed by atoms with E-state index in [4.69, 9.17) is 11.6 Å². The lowest BCUT2D eigenvalue weighted by atomic mass is 10.1. The van der Waals surface area contributed by atoms with E-state index in [9.17, 15) is 0 Å². The zero-order valence-electron chi connectivity index (χ0n) is 8.38. The van der Waals surface area contributed by atoms with Gasteiger partial charge < -0.3 is 0 Å². The second-order valence-corrected chi connectivity index (χ2v) is 7.41. The lowest BCUT2D eigenvalue weighted by Gasteiger charge is -2.08. The van der Waals surface area contributed by atoms with Crippen LogP contribution in [0.3, 0.4) is 0 Å². The minimum atomic E-state index is -0.00690. The topological polar surface area (TPSA) is 0 Å². The molecule has 0 saturated heterocycles. The molecule has 2 rings (SSSR count). The summed E-state index contributed by atoms with van der Waals surface area (Å²) in [5.41, 5.74) is 2.50. The molecule has 80 valence electrons. The van der Waals surface area contributed by atoms with E-state index in [1.54, 1.807) is 22.7 Å². The molecule has 0 nitrogen and oxygen atoms in total. The summed E-state index contributed by atoms with van der Waals surface area (Å²) in [6.07, 6.45) is 0. The first-order valence-corrected chi connectivity index (χ1v) is 7.46. The highest BCUT2D eigenvalue weighted by Crippen LogP contribution is 2.40. The van der Waals surface area contributed by atoms with Crippen LogP contribution in [-0.4, -0.2) is 0 Å². The van der Waals surface area contributed by atoms with Crippen molar-refractivity contribution in [3.05, 3.63) is 42.2 Å². The second kappa shape index (κ2) is 4.58. The van der Waals surface area contributed by atoms with Crippen LogP contribution in [0.2, 0.25) is 0 Å². The van der Waals surface area contributed by atoms with E-state index in [1.807, 2.05) is 0 Å². The highest BCUT2D eigenvalue weighted by atomic mass is 79.9. The zero-order valence-corrected chi connectivity index (χ0v) is 12.4. The second-order valence-electron chi connectivity index (χ2n) is 3.39. The van der Waals surface area contributed by atoms with Crippen LogP contribution in [0.4, 0.5) is 0 Å². The van der Waals surface area contributed by atoms with Gasteiger partial charge in [-0.3, -0.25) is 0 Å². The third-order valence-corrected chi connectivity index (χ3v) is 5.57. The fourth-order valence-electron chi connectivity index (χ4n) is 1.50. The molecule has 0 aliphatic heterocycles. The van der Waals surface area contributed by atoms with Crippen LogP contribution in [0.15, 0.2) is 21.3 Å². The summed E-state index contributed by atoms with van der Waals surface area (Å²) in [5, 5.41) is 2.09. The van der Waals surface area contributed by atoms with Crippen LogP contribution in [-0.2, 0) is 0 Å². The van der Waals surface area contributed by atoms with Gasteiger partial charge in [-0.2, -0.15) is 0 Å². The number of halogens is 2. The number of hydrogen-bond acceptors (Lipinski definition) is 2. The Bertz CT molecular complexity index is 473. The average Bonchev–Trinajstić information content (AvgIpc) is 2.71. The molecule has 15 heavy (non-hydrogen) atoms. The van der Waals surface area contributed by atoms with Gasteiger partial charge in [-0.1, -0.05) is 0 Å². The summed E-state index contributed by atoms with van der Waals surface area (Å²) >= 11 is 13.5. The van der Waals surface area contributed by atoms with Crippen LogP contribution >= 0.6 is 50.2 Å². The summed E-state index contributed by atoms with van der Waals surface area (Å²) in [6.45, 7) is 4.22.